The highest BCUT2D eigenvalue weighted by atomic mass is 79.9. The molecule has 0 aromatic heterocycles. The summed E-state index contributed by atoms with van der Waals surface area (Å²) < 4.78 is 6.83. The van der Waals surface area contributed by atoms with E-state index in [4.69, 9.17) is 9.84 Å². The molecule has 1 aliphatic heterocycles. The second kappa shape index (κ2) is 5.61. The van der Waals surface area contributed by atoms with Crippen LogP contribution in [0.2, 0.25) is 0 Å². The third-order valence-electron chi connectivity index (χ3n) is 3.09. The number of hydrogen-bond donors (Lipinski definition) is 1. The Morgan fingerprint density at radius 1 is 1.50 bits per heavy atom. The van der Waals surface area contributed by atoms with E-state index < -0.39 is 6.09 Å². The van der Waals surface area contributed by atoms with Crippen LogP contribution in [0.3, 0.4) is 0 Å². The number of aryl methyl sites for hydroxylation is 1. The number of carboxylic acid groups (broad SMARTS) is 1. The van der Waals surface area contributed by atoms with Gasteiger partial charge in [-0.1, -0.05) is 15.9 Å². The van der Waals surface area contributed by atoms with Gasteiger partial charge in [0.1, 0.15) is 5.75 Å². The van der Waals surface area contributed by atoms with Gasteiger partial charge in [0.05, 0.1) is 0 Å². The summed E-state index contributed by atoms with van der Waals surface area (Å²) in [5.41, 5.74) is 1.00. The Morgan fingerprint density at radius 3 is 2.94 bits per heavy atom. The van der Waals surface area contributed by atoms with E-state index in [0.717, 1.165) is 35.0 Å². The number of hydrogen-bond acceptors (Lipinski definition) is 2. The van der Waals surface area contributed by atoms with E-state index in [2.05, 4.69) is 15.9 Å². The maximum atomic E-state index is 11.1. The largest absolute Gasteiger partial charge is 0.470 e. The van der Waals surface area contributed by atoms with Gasteiger partial charge in [0, 0.05) is 17.4 Å². The van der Waals surface area contributed by atoms with E-state index in [0.29, 0.717) is 6.54 Å². The fraction of sp³-hybridized carbons (Fsp3) is 0.462. The summed E-state index contributed by atoms with van der Waals surface area (Å²) in [6, 6.07) is 5.73. The van der Waals surface area contributed by atoms with Gasteiger partial charge in [-0.3, -0.25) is 4.90 Å². The van der Waals surface area contributed by atoms with Crippen molar-refractivity contribution in [1.82, 2.24) is 4.90 Å². The first-order valence-corrected chi connectivity index (χ1v) is 6.79. The molecular formula is C13H16BrNO3. The number of carbonyl (C=O) groups is 1. The maximum Gasteiger partial charge on any atom is 0.410 e. The molecule has 1 aromatic rings. The zero-order chi connectivity index (χ0) is 13.1. The average molecular weight is 314 g/mol. The topological polar surface area (TPSA) is 49.8 Å². The number of halogens is 1. The van der Waals surface area contributed by atoms with Gasteiger partial charge in [0.25, 0.3) is 0 Å². The fourth-order valence-electron chi connectivity index (χ4n) is 2.13. The summed E-state index contributed by atoms with van der Waals surface area (Å²) in [4.78, 5) is 12.5. The molecule has 1 aliphatic rings. The summed E-state index contributed by atoms with van der Waals surface area (Å²) in [6.45, 7) is 2.50. The Hall–Kier alpha value is -1.23. The van der Waals surface area contributed by atoms with Crippen molar-refractivity contribution in [1.29, 1.82) is 0 Å². The maximum absolute atomic E-state index is 11.1. The molecule has 2 rings (SSSR count). The van der Waals surface area contributed by atoms with Crippen molar-refractivity contribution in [3.05, 3.63) is 28.2 Å². The van der Waals surface area contributed by atoms with Gasteiger partial charge in [-0.15, -0.1) is 0 Å². The minimum absolute atomic E-state index is 0.365. The van der Waals surface area contributed by atoms with Crippen LogP contribution >= 0.6 is 15.9 Å². The van der Waals surface area contributed by atoms with Gasteiger partial charge in [-0.25, -0.2) is 4.79 Å². The molecule has 1 atom stereocenters. The highest BCUT2D eigenvalue weighted by Crippen LogP contribution is 2.26. The number of ether oxygens (including phenoxy) is 1. The molecule has 0 aliphatic carbocycles. The minimum Gasteiger partial charge on any atom is -0.470 e. The number of piperidine rings is 1. The number of rotatable bonds is 2. The molecule has 18 heavy (non-hydrogen) atoms. The molecule has 0 spiro atoms. The standard InChI is InChI=1S/C13H16BrNO3/c1-9-8-10(14)5-6-11(9)18-12-4-2-3-7-15(12)13(16)17/h5-6,8,12H,2-4,7H2,1H3,(H,16,17). The van der Waals surface area contributed by atoms with Crippen LogP contribution in [0.15, 0.2) is 22.7 Å². The van der Waals surface area contributed by atoms with Gasteiger partial charge < -0.3 is 9.84 Å². The van der Waals surface area contributed by atoms with Crippen molar-refractivity contribution in [3.63, 3.8) is 0 Å². The third kappa shape index (κ3) is 2.96. The highest BCUT2D eigenvalue weighted by Gasteiger charge is 2.28. The summed E-state index contributed by atoms with van der Waals surface area (Å²) in [6.07, 6.45) is 1.39. The second-order valence-corrected chi connectivity index (χ2v) is 5.37. The van der Waals surface area contributed by atoms with Crippen LogP contribution in [0.1, 0.15) is 24.8 Å². The lowest BCUT2D eigenvalue weighted by Gasteiger charge is -2.33. The molecule has 1 unspecified atom stereocenters. The van der Waals surface area contributed by atoms with Crippen LogP contribution in [0.4, 0.5) is 4.79 Å². The SMILES string of the molecule is Cc1cc(Br)ccc1OC1CCCCN1C(=O)O. The summed E-state index contributed by atoms with van der Waals surface area (Å²) in [5.74, 6) is 0.747. The molecule has 0 saturated carbocycles. The van der Waals surface area contributed by atoms with E-state index in [-0.39, 0.29) is 6.23 Å². The first kappa shape index (κ1) is 13.2. The fourth-order valence-corrected chi connectivity index (χ4v) is 2.61. The number of benzene rings is 1. The zero-order valence-corrected chi connectivity index (χ0v) is 11.8. The summed E-state index contributed by atoms with van der Waals surface area (Å²) >= 11 is 3.40. The van der Waals surface area contributed by atoms with E-state index in [1.165, 1.54) is 4.90 Å². The van der Waals surface area contributed by atoms with Crippen LogP contribution in [0.25, 0.3) is 0 Å². The quantitative estimate of drug-likeness (QED) is 0.907. The molecule has 98 valence electrons. The Balaban J connectivity index is 2.13. The van der Waals surface area contributed by atoms with E-state index in [1.807, 2.05) is 25.1 Å². The molecular weight excluding hydrogens is 298 g/mol. The molecule has 0 radical (unpaired) electrons. The van der Waals surface area contributed by atoms with Crippen LogP contribution in [-0.2, 0) is 0 Å². The van der Waals surface area contributed by atoms with Gasteiger partial charge in [0.15, 0.2) is 6.23 Å². The Labute approximate surface area is 115 Å². The zero-order valence-electron chi connectivity index (χ0n) is 10.2. The van der Waals surface area contributed by atoms with Crippen LogP contribution in [0.5, 0.6) is 5.75 Å². The summed E-state index contributed by atoms with van der Waals surface area (Å²) in [5, 5.41) is 9.14. The van der Waals surface area contributed by atoms with E-state index in [9.17, 15) is 4.79 Å². The van der Waals surface area contributed by atoms with Gasteiger partial charge in [-0.05, 0) is 43.5 Å². The van der Waals surface area contributed by atoms with Gasteiger partial charge in [-0.2, -0.15) is 0 Å². The Kier molecular flexibility index (Phi) is 4.11. The number of amides is 1. The average Bonchev–Trinajstić information content (AvgIpc) is 2.33. The molecule has 1 fully saturated rings. The van der Waals surface area contributed by atoms with Gasteiger partial charge >= 0.3 is 6.09 Å². The predicted octanol–water partition coefficient (Wildman–Crippen LogP) is 3.63. The van der Waals surface area contributed by atoms with E-state index >= 15 is 0 Å². The molecule has 0 bridgehead atoms. The monoisotopic (exact) mass is 313 g/mol. The van der Waals surface area contributed by atoms with Crippen molar-refractivity contribution >= 4 is 22.0 Å². The lowest BCUT2D eigenvalue weighted by Crippen LogP contribution is -2.46. The van der Waals surface area contributed by atoms with Crippen LogP contribution in [0, 0.1) is 6.92 Å². The van der Waals surface area contributed by atoms with Crippen molar-refractivity contribution in [2.24, 2.45) is 0 Å². The lowest BCUT2D eigenvalue weighted by molar-refractivity contribution is 0.00559. The van der Waals surface area contributed by atoms with Crippen LogP contribution in [-0.4, -0.2) is 28.9 Å². The number of nitrogens with zero attached hydrogens (tertiary/aromatic N) is 1. The normalized spacial score (nSPS) is 19.7. The molecule has 1 saturated heterocycles. The Bertz CT molecular complexity index is 450. The van der Waals surface area contributed by atoms with Crippen LogP contribution < -0.4 is 4.74 Å². The molecule has 1 aromatic carbocycles. The first-order chi connectivity index (χ1) is 8.58. The second-order valence-electron chi connectivity index (χ2n) is 4.45. The molecule has 1 amide bonds. The summed E-state index contributed by atoms with van der Waals surface area (Å²) in [7, 11) is 0. The third-order valence-corrected chi connectivity index (χ3v) is 3.59. The first-order valence-electron chi connectivity index (χ1n) is 6.00. The molecule has 1 N–H and O–H groups in total. The highest BCUT2D eigenvalue weighted by molar-refractivity contribution is 9.10. The lowest BCUT2D eigenvalue weighted by atomic mass is 10.1. The van der Waals surface area contributed by atoms with Crippen molar-refractivity contribution in [2.45, 2.75) is 32.4 Å². The Morgan fingerprint density at radius 2 is 2.28 bits per heavy atom. The minimum atomic E-state index is -0.908. The van der Waals surface area contributed by atoms with Gasteiger partial charge in [0.2, 0.25) is 0 Å². The predicted molar refractivity (Wildman–Crippen MR) is 71.9 cm³/mol. The number of likely N-dealkylation sites (tertiary alicyclic amines) is 1. The van der Waals surface area contributed by atoms with Crippen molar-refractivity contribution in [3.8, 4) is 5.75 Å². The molecule has 4 nitrogen and oxygen atoms in total. The van der Waals surface area contributed by atoms with E-state index in [1.54, 1.807) is 0 Å². The van der Waals surface area contributed by atoms with Crippen molar-refractivity contribution in [2.75, 3.05) is 6.54 Å². The molecule has 1 heterocycles. The van der Waals surface area contributed by atoms with Crippen molar-refractivity contribution < 1.29 is 14.6 Å². The smallest absolute Gasteiger partial charge is 0.410 e. The molecule has 5 heteroatoms.